The molecule has 0 fully saturated rings. The molecule has 0 amide bonds. The van der Waals surface area contributed by atoms with Crippen molar-refractivity contribution in [2.24, 2.45) is 10.8 Å². The Bertz CT molecular complexity index is 877. The van der Waals surface area contributed by atoms with Crippen LogP contribution in [0, 0.1) is 10.8 Å². The van der Waals surface area contributed by atoms with Crippen LogP contribution in [0.15, 0.2) is 12.1 Å². The summed E-state index contributed by atoms with van der Waals surface area (Å²) in [5.41, 5.74) is 0.987. The van der Waals surface area contributed by atoms with E-state index in [2.05, 4.69) is 104 Å². The lowest BCUT2D eigenvalue weighted by molar-refractivity contribution is 0.200. The molecule has 3 aromatic rings. The maximum absolute atomic E-state index is 2.49. The SMILES string of the molecule is CCC(C)(c1cc2sc3cc(C(C)(CC)C(C)(C)C)sc3c2s1)C(C)(C)C. The molecule has 3 rings (SSSR count). The molecule has 0 saturated heterocycles. The van der Waals surface area contributed by atoms with Crippen LogP contribution in [0.1, 0.15) is 91.8 Å². The third-order valence-electron chi connectivity index (χ3n) is 7.63. The Kier molecular flexibility index (Phi) is 5.19. The number of hydrogen-bond donors (Lipinski definition) is 0. The number of rotatable bonds is 4. The summed E-state index contributed by atoms with van der Waals surface area (Å²) in [5.74, 6) is 0. The molecule has 27 heavy (non-hydrogen) atoms. The molecule has 3 heterocycles. The van der Waals surface area contributed by atoms with Gasteiger partial charge in [-0.05, 0) is 35.8 Å². The van der Waals surface area contributed by atoms with Crippen molar-refractivity contribution in [1.29, 1.82) is 0 Å². The van der Waals surface area contributed by atoms with Gasteiger partial charge in [-0.1, -0.05) is 69.2 Å². The lowest BCUT2D eigenvalue weighted by atomic mass is 9.65. The van der Waals surface area contributed by atoms with Crippen LogP contribution < -0.4 is 0 Å². The van der Waals surface area contributed by atoms with Gasteiger partial charge in [-0.3, -0.25) is 0 Å². The fourth-order valence-corrected chi connectivity index (χ4v) is 8.91. The van der Waals surface area contributed by atoms with Gasteiger partial charge in [0, 0.05) is 30.0 Å². The van der Waals surface area contributed by atoms with Gasteiger partial charge in [0.25, 0.3) is 0 Å². The zero-order chi connectivity index (χ0) is 20.4. The van der Waals surface area contributed by atoms with Crippen molar-refractivity contribution in [3.05, 3.63) is 21.9 Å². The third kappa shape index (κ3) is 3.13. The Morgan fingerprint density at radius 3 is 1.19 bits per heavy atom. The summed E-state index contributed by atoms with van der Waals surface area (Å²) in [4.78, 5) is 3.12. The zero-order valence-corrected chi connectivity index (χ0v) is 21.2. The average Bonchev–Trinajstić information content (AvgIpc) is 3.21. The first-order chi connectivity index (χ1) is 12.3. The molecule has 0 aliphatic carbocycles. The highest BCUT2D eigenvalue weighted by molar-refractivity contribution is 7.38. The number of fused-ring (bicyclic) bond motifs is 3. The molecule has 0 radical (unpaired) electrons. The van der Waals surface area contributed by atoms with Gasteiger partial charge in [-0.2, -0.15) is 0 Å². The molecule has 2 unspecified atom stereocenters. The molecule has 0 aliphatic rings. The Morgan fingerprint density at radius 2 is 0.926 bits per heavy atom. The van der Waals surface area contributed by atoms with E-state index < -0.39 is 0 Å². The van der Waals surface area contributed by atoms with Gasteiger partial charge in [-0.25, -0.2) is 0 Å². The molecule has 0 nitrogen and oxygen atoms in total. The second kappa shape index (κ2) is 6.57. The highest BCUT2D eigenvalue weighted by Crippen LogP contribution is 2.54. The first-order valence-electron chi connectivity index (χ1n) is 10.3. The molecule has 3 aromatic heterocycles. The number of thiophene rings is 3. The summed E-state index contributed by atoms with van der Waals surface area (Å²) in [6, 6.07) is 4.99. The Labute approximate surface area is 178 Å². The Morgan fingerprint density at radius 1 is 0.593 bits per heavy atom. The highest BCUT2D eigenvalue weighted by atomic mass is 32.1. The monoisotopic (exact) mass is 420 g/mol. The second-order valence-electron chi connectivity index (χ2n) is 10.6. The molecule has 2 atom stereocenters. The lowest BCUT2D eigenvalue weighted by Crippen LogP contribution is -2.35. The van der Waals surface area contributed by atoms with E-state index in [1.165, 1.54) is 31.6 Å². The van der Waals surface area contributed by atoms with Crippen molar-refractivity contribution in [1.82, 2.24) is 0 Å². The number of hydrogen-bond acceptors (Lipinski definition) is 3. The smallest absolute Gasteiger partial charge is 0.0632 e. The van der Waals surface area contributed by atoms with E-state index in [9.17, 15) is 0 Å². The van der Waals surface area contributed by atoms with Crippen molar-refractivity contribution < 1.29 is 0 Å². The van der Waals surface area contributed by atoms with Crippen LogP contribution >= 0.6 is 34.0 Å². The molecule has 0 saturated carbocycles. The highest BCUT2D eigenvalue weighted by Gasteiger charge is 2.40. The fraction of sp³-hybridized carbons (Fsp3) is 0.667. The van der Waals surface area contributed by atoms with Gasteiger partial charge in [-0.15, -0.1) is 34.0 Å². The van der Waals surface area contributed by atoms with Gasteiger partial charge in [0.05, 0.1) is 9.40 Å². The summed E-state index contributed by atoms with van der Waals surface area (Å²) in [6.07, 6.45) is 2.36. The molecule has 0 N–H and O–H groups in total. The molecule has 0 aliphatic heterocycles. The maximum Gasteiger partial charge on any atom is 0.0632 e. The summed E-state index contributed by atoms with van der Waals surface area (Å²) >= 11 is 6.10. The molecule has 0 spiro atoms. The third-order valence-corrected chi connectivity index (χ3v) is 11.9. The molecule has 0 bridgehead atoms. The van der Waals surface area contributed by atoms with E-state index >= 15 is 0 Å². The topological polar surface area (TPSA) is 0 Å². The first kappa shape index (κ1) is 21.3. The lowest BCUT2D eigenvalue weighted by Gasteiger charge is -2.41. The predicted octanol–water partition coefficient (Wildman–Crippen LogP) is 9.61. The van der Waals surface area contributed by atoms with E-state index in [1.54, 1.807) is 9.75 Å². The Hall–Kier alpha value is -0.380. The van der Waals surface area contributed by atoms with Crippen molar-refractivity contribution in [2.45, 2.75) is 92.9 Å². The zero-order valence-electron chi connectivity index (χ0n) is 18.8. The summed E-state index contributed by atoms with van der Waals surface area (Å²) in [7, 11) is 0. The van der Waals surface area contributed by atoms with Crippen LogP contribution in [0.3, 0.4) is 0 Å². The van der Waals surface area contributed by atoms with E-state index in [-0.39, 0.29) is 21.7 Å². The van der Waals surface area contributed by atoms with Crippen molar-refractivity contribution >= 4 is 52.8 Å². The van der Waals surface area contributed by atoms with Crippen LogP contribution in [0.5, 0.6) is 0 Å². The van der Waals surface area contributed by atoms with Crippen molar-refractivity contribution in [3.8, 4) is 0 Å². The van der Waals surface area contributed by atoms with Crippen LogP contribution in [-0.2, 0) is 10.8 Å². The summed E-state index contributed by atoms with van der Waals surface area (Å²) < 4.78 is 6.02. The van der Waals surface area contributed by atoms with E-state index in [4.69, 9.17) is 0 Å². The van der Waals surface area contributed by atoms with Crippen LogP contribution in [-0.4, -0.2) is 0 Å². The van der Waals surface area contributed by atoms with Crippen molar-refractivity contribution in [2.75, 3.05) is 0 Å². The summed E-state index contributed by atoms with van der Waals surface area (Å²) in [6.45, 7) is 23.9. The second-order valence-corrected chi connectivity index (χ2v) is 13.8. The van der Waals surface area contributed by atoms with Crippen LogP contribution in [0.2, 0.25) is 0 Å². The minimum absolute atomic E-state index is 0.228. The van der Waals surface area contributed by atoms with Crippen LogP contribution in [0.4, 0.5) is 0 Å². The molecular formula is C24H36S3. The quantitative estimate of drug-likeness (QED) is 0.394. The average molecular weight is 421 g/mol. The minimum atomic E-state index is 0.228. The van der Waals surface area contributed by atoms with Crippen molar-refractivity contribution in [3.63, 3.8) is 0 Å². The predicted molar refractivity (Wildman–Crippen MR) is 129 cm³/mol. The van der Waals surface area contributed by atoms with Gasteiger partial charge in [0.1, 0.15) is 0 Å². The molecule has 150 valence electrons. The maximum atomic E-state index is 2.49. The van der Waals surface area contributed by atoms with Gasteiger partial charge >= 0.3 is 0 Å². The van der Waals surface area contributed by atoms with Gasteiger partial charge in [0.15, 0.2) is 0 Å². The van der Waals surface area contributed by atoms with Gasteiger partial charge < -0.3 is 0 Å². The largest absolute Gasteiger partial charge is 0.137 e. The van der Waals surface area contributed by atoms with Crippen LogP contribution in [0.25, 0.3) is 18.8 Å². The van der Waals surface area contributed by atoms with E-state index in [1.807, 2.05) is 11.3 Å². The first-order valence-corrected chi connectivity index (χ1v) is 12.7. The van der Waals surface area contributed by atoms with E-state index in [0.717, 1.165) is 0 Å². The molecular weight excluding hydrogens is 384 g/mol. The fourth-order valence-electron chi connectivity index (χ4n) is 4.03. The Balaban J connectivity index is 2.17. The molecule has 0 aromatic carbocycles. The minimum Gasteiger partial charge on any atom is -0.137 e. The normalized spacial score (nSPS) is 18.1. The van der Waals surface area contributed by atoms with E-state index in [0.29, 0.717) is 0 Å². The van der Waals surface area contributed by atoms with Gasteiger partial charge in [0.2, 0.25) is 0 Å². The standard InChI is InChI=1S/C24H36S3/c1-11-23(9,21(3,4)5)17-13-15-19(26-17)20-16(25-15)14-18(27-20)24(10,12-2)22(6,7)8/h13-14H,11-12H2,1-10H3. The molecule has 3 heteroatoms. The summed E-state index contributed by atoms with van der Waals surface area (Å²) in [5, 5.41) is 0.